The third-order valence-corrected chi connectivity index (χ3v) is 3.19. The Labute approximate surface area is 134 Å². The largest absolute Gasteiger partial charge is 0.467 e. The molecule has 0 aliphatic rings. The van der Waals surface area contributed by atoms with Crippen molar-refractivity contribution < 1.29 is 19.1 Å². The molecule has 0 aliphatic heterocycles. The molecule has 2 atom stereocenters. The van der Waals surface area contributed by atoms with Gasteiger partial charge in [-0.3, -0.25) is 9.59 Å². The number of nitrogens with zero attached hydrogens (tertiary/aromatic N) is 1. The van der Waals surface area contributed by atoms with Gasteiger partial charge >= 0.3 is 5.97 Å². The second kappa shape index (κ2) is 8.54. The molecule has 0 radical (unpaired) electrons. The summed E-state index contributed by atoms with van der Waals surface area (Å²) in [5.74, 6) is -1.65. The summed E-state index contributed by atoms with van der Waals surface area (Å²) in [6.45, 7) is 3.07. The maximum absolute atomic E-state index is 12.2. The quantitative estimate of drug-likeness (QED) is 0.772. The van der Waals surface area contributed by atoms with E-state index in [0.29, 0.717) is 11.3 Å². The van der Waals surface area contributed by atoms with E-state index >= 15 is 0 Å². The number of anilines is 1. The third-order valence-electron chi connectivity index (χ3n) is 3.19. The first-order chi connectivity index (χ1) is 10.9. The average molecular weight is 317 g/mol. The first kappa shape index (κ1) is 18.2. The predicted molar refractivity (Wildman–Crippen MR) is 83.4 cm³/mol. The summed E-state index contributed by atoms with van der Waals surface area (Å²) in [5.41, 5.74) is 0.897. The highest BCUT2D eigenvalue weighted by molar-refractivity contribution is 5.97. The topological polar surface area (TPSA) is 108 Å². The molecule has 0 spiro atoms. The summed E-state index contributed by atoms with van der Waals surface area (Å²) in [6.07, 6.45) is 0.113. The Morgan fingerprint density at radius 3 is 2.35 bits per heavy atom. The van der Waals surface area contributed by atoms with Crippen LogP contribution in [0.3, 0.4) is 0 Å². The SMILES string of the molecule is COC(=O)[C@H](NC(=O)c1ccc(NC(C)=O)cc1)[C@H](C)CC#N. The molecule has 0 fully saturated rings. The van der Waals surface area contributed by atoms with Crippen LogP contribution in [-0.4, -0.2) is 30.9 Å². The highest BCUT2D eigenvalue weighted by Crippen LogP contribution is 2.13. The number of hydrogen-bond acceptors (Lipinski definition) is 5. The Kier molecular flexibility index (Phi) is 6.74. The van der Waals surface area contributed by atoms with E-state index in [2.05, 4.69) is 15.4 Å². The number of nitrogens with one attached hydrogen (secondary N) is 2. The number of carbonyl (C=O) groups is 3. The summed E-state index contributed by atoms with van der Waals surface area (Å²) in [7, 11) is 1.23. The van der Waals surface area contributed by atoms with Crippen LogP contribution >= 0.6 is 0 Å². The minimum Gasteiger partial charge on any atom is -0.467 e. The first-order valence-corrected chi connectivity index (χ1v) is 7.02. The van der Waals surface area contributed by atoms with Gasteiger partial charge in [0.1, 0.15) is 6.04 Å². The number of nitriles is 1. The normalized spacial score (nSPS) is 12.4. The molecule has 0 aromatic heterocycles. The fourth-order valence-electron chi connectivity index (χ4n) is 1.96. The molecule has 122 valence electrons. The van der Waals surface area contributed by atoms with E-state index in [-0.39, 0.29) is 18.2 Å². The molecule has 1 aromatic rings. The molecule has 0 heterocycles. The molecule has 7 heteroatoms. The van der Waals surface area contributed by atoms with Crippen molar-refractivity contribution in [3.8, 4) is 6.07 Å². The maximum atomic E-state index is 12.2. The van der Waals surface area contributed by atoms with E-state index in [9.17, 15) is 14.4 Å². The molecule has 2 N–H and O–H groups in total. The molecular weight excluding hydrogens is 298 g/mol. The van der Waals surface area contributed by atoms with E-state index in [1.165, 1.54) is 26.2 Å². The van der Waals surface area contributed by atoms with E-state index < -0.39 is 17.9 Å². The van der Waals surface area contributed by atoms with Gasteiger partial charge < -0.3 is 15.4 Å². The van der Waals surface area contributed by atoms with E-state index in [1.807, 2.05) is 6.07 Å². The second-order valence-electron chi connectivity index (χ2n) is 5.07. The highest BCUT2D eigenvalue weighted by atomic mass is 16.5. The van der Waals surface area contributed by atoms with E-state index in [1.54, 1.807) is 19.1 Å². The van der Waals surface area contributed by atoms with Crippen molar-refractivity contribution in [2.45, 2.75) is 26.3 Å². The predicted octanol–water partition coefficient (Wildman–Crippen LogP) is 1.47. The van der Waals surface area contributed by atoms with Gasteiger partial charge in [0, 0.05) is 30.5 Å². The van der Waals surface area contributed by atoms with Gasteiger partial charge in [-0.05, 0) is 24.3 Å². The van der Waals surface area contributed by atoms with Crippen molar-refractivity contribution in [2.24, 2.45) is 5.92 Å². The Bertz CT molecular complexity index is 619. The number of carbonyl (C=O) groups excluding carboxylic acids is 3. The van der Waals surface area contributed by atoms with Crippen molar-refractivity contribution in [1.82, 2.24) is 5.32 Å². The minimum atomic E-state index is -0.901. The lowest BCUT2D eigenvalue weighted by atomic mass is 9.98. The van der Waals surface area contributed by atoms with Crippen LogP contribution in [0.4, 0.5) is 5.69 Å². The minimum absolute atomic E-state index is 0.113. The molecule has 0 unspecified atom stereocenters. The molecule has 2 amide bonds. The number of hydrogen-bond donors (Lipinski definition) is 2. The second-order valence-corrected chi connectivity index (χ2v) is 5.07. The van der Waals surface area contributed by atoms with Crippen LogP contribution < -0.4 is 10.6 Å². The van der Waals surface area contributed by atoms with Crippen molar-refractivity contribution in [3.05, 3.63) is 29.8 Å². The van der Waals surface area contributed by atoms with Crippen LogP contribution in [0, 0.1) is 17.2 Å². The van der Waals surface area contributed by atoms with Gasteiger partial charge in [0.05, 0.1) is 13.2 Å². The van der Waals surface area contributed by atoms with E-state index in [0.717, 1.165) is 0 Å². The number of amides is 2. The maximum Gasteiger partial charge on any atom is 0.328 e. The van der Waals surface area contributed by atoms with Crippen molar-refractivity contribution in [3.63, 3.8) is 0 Å². The van der Waals surface area contributed by atoms with Crippen molar-refractivity contribution in [2.75, 3.05) is 12.4 Å². The van der Waals surface area contributed by atoms with Gasteiger partial charge in [-0.25, -0.2) is 4.79 Å². The van der Waals surface area contributed by atoms with Crippen molar-refractivity contribution in [1.29, 1.82) is 5.26 Å². The zero-order valence-electron chi connectivity index (χ0n) is 13.3. The van der Waals surface area contributed by atoms with Gasteiger partial charge in [0.25, 0.3) is 5.91 Å². The molecule has 0 saturated heterocycles. The Morgan fingerprint density at radius 2 is 1.87 bits per heavy atom. The van der Waals surface area contributed by atoms with Crippen LogP contribution in [0.2, 0.25) is 0 Å². The number of ether oxygens (including phenoxy) is 1. The highest BCUT2D eigenvalue weighted by Gasteiger charge is 2.28. The molecule has 7 nitrogen and oxygen atoms in total. The average Bonchev–Trinajstić information content (AvgIpc) is 2.52. The zero-order valence-corrected chi connectivity index (χ0v) is 13.3. The zero-order chi connectivity index (χ0) is 17.4. The standard InChI is InChI=1S/C16H19N3O4/c1-10(8-9-17)14(16(22)23-3)19-15(21)12-4-6-13(7-5-12)18-11(2)20/h4-7,10,14H,8H2,1-3H3,(H,18,20)(H,19,21)/t10-,14-/m1/s1. The van der Waals surface area contributed by atoms with Crippen LogP contribution in [0.25, 0.3) is 0 Å². The molecule has 1 aromatic carbocycles. The molecule has 23 heavy (non-hydrogen) atoms. The van der Waals surface area contributed by atoms with Gasteiger partial charge in [-0.2, -0.15) is 5.26 Å². The number of esters is 1. The van der Waals surface area contributed by atoms with Gasteiger partial charge in [-0.1, -0.05) is 6.92 Å². The smallest absolute Gasteiger partial charge is 0.328 e. The Morgan fingerprint density at radius 1 is 1.26 bits per heavy atom. The number of methoxy groups -OCH3 is 1. The Balaban J connectivity index is 2.84. The van der Waals surface area contributed by atoms with Gasteiger partial charge in [0.15, 0.2) is 0 Å². The molecule has 1 rings (SSSR count). The number of benzene rings is 1. The lowest BCUT2D eigenvalue weighted by Crippen LogP contribution is -2.45. The third kappa shape index (κ3) is 5.43. The molecule has 0 aliphatic carbocycles. The lowest BCUT2D eigenvalue weighted by molar-refractivity contribution is -0.144. The van der Waals surface area contributed by atoms with Crippen LogP contribution in [0.5, 0.6) is 0 Å². The monoisotopic (exact) mass is 317 g/mol. The first-order valence-electron chi connectivity index (χ1n) is 7.02. The Hall–Kier alpha value is -2.88. The fraction of sp³-hybridized carbons (Fsp3) is 0.375. The lowest BCUT2D eigenvalue weighted by Gasteiger charge is -2.21. The summed E-state index contributed by atoms with van der Waals surface area (Å²) in [6, 6.07) is 7.30. The molecular formula is C16H19N3O4. The summed E-state index contributed by atoms with van der Waals surface area (Å²) in [5, 5.41) is 13.9. The van der Waals surface area contributed by atoms with Crippen LogP contribution in [0.15, 0.2) is 24.3 Å². The summed E-state index contributed by atoms with van der Waals surface area (Å²) in [4.78, 5) is 35.0. The van der Waals surface area contributed by atoms with Gasteiger partial charge in [0.2, 0.25) is 5.91 Å². The number of rotatable bonds is 6. The van der Waals surface area contributed by atoms with E-state index in [4.69, 9.17) is 5.26 Å². The van der Waals surface area contributed by atoms with Crippen LogP contribution in [0.1, 0.15) is 30.6 Å². The van der Waals surface area contributed by atoms with Gasteiger partial charge in [-0.15, -0.1) is 0 Å². The fourth-order valence-corrected chi connectivity index (χ4v) is 1.96. The van der Waals surface area contributed by atoms with Crippen molar-refractivity contribution >= 4 is 23.5 Å². The molecule has 0 saturated carbocycles. The molecule has 0 bridgehead atoms. The summed E-state index contributed by atoms with van der Waals surface area (Å²) >= 11 is 0. The summed E-state index contributed by atoms with van der Waals surface area (Å²) < 4.78 is 4.67. The van der Waals surface area contributed by atoms with Crippen LogP contribution in [-0.2, 0) is 14.3 Å².